The zero-order valence-corrected chi connectivity index (χ0v) is 11.0. The molecule has 0 amide bonds. The van der Waals surface area contributed by atoms with E-state index in [0.29, 0.717) is 12.6 Å². The van der Waals surface area contributed by atoms with Gasteiger partial charge in [-0.05, 0) is 25.0 Å². The summed E-state index contributed by atoms with van der Waals surface area (Å²) < 4.78 is 10.9. The Morgan fingerprint density at radius 2 is 2.00 bits per heavy atom. The van der Waals surface area contributed by atoms with Crippen molar-refractivity contribution in [3.63, 3.8) is 0 Å². The van der Waals surface area contributed by atoms with Crippen molar-refractivity contribution in [2.45, 2.75) is 32.7 Å². The van der Waals surface area contributed by atoms with E-state index in [9.17, 15) is 0 Å². The van der Waals surface area contributed by atoms with Gasteiger partial charge in [-0.3, -0.25) is 0 Å². The van der Waals surface area contributed by atoms with Crippen LogP contribution in [-0.4, -0.2) is 26.4 Å². The monoisotopic (exact) mass is 237 g/mol. The molecule has 0 heterocycles. The molecule has 1 aromatic rings. The fourth-order valence-electron chi connectivity index (χ4n) is 1.61. The number of para-hydroxylation sites is 2. The minimum atomic E-state index is 0.325. The lowest BCUT2D eigenvalue weighted by molar-refractivity contribution is 0.184. The average molecular weight is 237 g/mol. The molecule has 1 aromatic carbocycles. The zero-order valence-electron chi connectivity index (χ0n) is 11.0. The van der Waals surface area contributed by atoms with E-state index in [-0.39, 0.29) is 0 Å². The molecule has 1 rings (SSSR count). The number of anilines is 1. The lowest BCUT2D eigenvalue weighted by Crippen LogP contribution is -2.24. The average Bonchev–Trinajstić information content (AvgIpc) is 2.37. The molecule has 0 saturated heterocycles. The number of hydrogen-bond acceptors (Lipinski definition) is 3. The third-order valence-corrected chi connectivity index (χ3v) is 2.57. The summed E-state index contributed by atoms with van der Waals surface area (Å²) in [4.78, 5) is 0. The molecule has 0 aliphatic heterocycles. The van der Waals surface area contributed by atoms with Gasteiger partial charge >= 0.3 is 0 Å². The minimum absolute atomic E-state index is 0.325. The summed E-state index contributed by atoms with van der Waals surface area (Å²) in [6, 6.07) is 8.38. The summed E-state index contributed by atoms with van der Waals surface area (Å²) in [5.41, 5.74) is 1.05. The van der Waals surface area contributed by atoms with Crippen LogP contribution in [-0.2, 0) is 4.74 Å². The first-order valence-corrected chi connectivity index (χ1v) is 6.29. The standard InChI is InChI=1S/C14H23NO2/c1-4-10-17-14-9-7-6-8-13(14)15-12(5-2)11-16-3/h6-9,12,15H,4-5,10-11H2,1-3H3. The van der Waals surface area contributed by atoms with E-state index in [1.54, 1.807) is 7.11 Å². The molecule has 0 spiro atoms. The highest BCUT2D eigenvalue weighted by Crippen LogP contribution is 2.25. The summed E-state index contributed by atoms with van der Waals surface area (Å²) in [6.07, 6.45) is 2.04. The van der Waals surface area contributed by atoms with Gasteiger partial charge in [0.05, 0.1) is 18.9 Å². The smallest absolute Gasteiger partial charge is 0.142 e. The molecule has 1 N–H and O–H groups in total. The first-order valence-electron chi connectivity index (χ1n) is 6.29. The molecular weight excluding hydrogens is 214 g/mol. The molecule has 0 saturated carbocycles. The number of hydrogen-bond donors (Lipinski definition) is 1. The van der Waals surface area contributed by atoms with E-state index in [2.05, 4.69) is 19.2 Å². The maximum Gasteiger partial charge on any atom is 0.142 e. The molecule has 0 bridgehead atoms. The van der Waals surface area contributed by atoms with Crippen LogP contribution in [0.3, 0.4) is 0 Å². The molecule has 3 nitrogen and oxygen atoms in total. The quantitative estimate of drug-likeness (QED) is 0.752. The SMILES string of the molecule is CCCOc1ccccc1NC(CC)COC. The molecule has 0 aromatic heterocycles. The Morgan fingerprint density at radius 1 is 1.24 bits per heavy atom. The van der Waals surface area contributed by atoms with Crippen LogP contribution in [0.2, 0.25) is 0 Å². The van der Waals surface area contributed by atoms with Crippen LogP contribution in [0.5, 0.6) is 5.75 Å². The van der Waals surface area contributed by atoms with Crippen LogP contribution in [0.1, 0.15) is 26.7 Å². The second-order valence-corrected chi connectivity index (χ2v) is 4.05. The van der Waals surface area contributed by atoms with Crippen molar-refractivity contribution in [2.75, 3.05) is 25.6 Å². The van der Waals surface area contributed by atoms with E-state index in [1.807, 2.05) is 24.3 Å². The summed E-state index contributed by atoms with van der Waals surface area (Å²) in [7, 11) is 1.73. The summed E-state index contributed by atoms with van der Waals surface area (Å²) in [5.74, 6) is 0.920. The number of rotatable bonds is 8. The maximum atomic E-state index is 5.71. The topological polar surface area (TPSA) is 30.5 Å². The van der Waals surface area contributed by atoms with Crippen molar-refractivity contribution < 1.29 is 9.47 Å². The van der Waals surface area contributed by atoms with Gasteiger partial charge in [-0.1, -0.05) is 26.0 Å². The summed E-state index contributed by atoms with van der Waals surface area (Å²) >= 11 is 0. The highest BCUT2D eigenvalue weighted by molar-refractivity contribution is 5.56. The Bertz CT molecular complexity index is 315. The normalized spacial score (nSPS) is 12.2. The zero-order chi connectivity index (χ0) is 12.5. The lowest BCUT2D eigenvalue weighted by Gasteiger charge is -2.19. The van der Waals surface area contributed by atoms with E-state index in [0.717, 1.165) is 30.9 Å². The Kier molecular flexibility index (Phi) is 6.48. The molecule has 0 radical (unpaired) electrons. The van der Waals surface area contributed by atoms with E-state index in [1.165, 1.54) is 0 Å². The Morgan fingerprint density at radius 3 is 2.65 bits per heavy atom. The Balaban J connectivity index is 2.67. The fourth-order valence-corrected chi connectivity index (χ4v) is 1.61. The molecule has 1 atom stereocenters. The van der Waals surface area contributed by atoms with Crippen LogP contribution < -0.4 is 10.1 Å². The summed E-state index contributed by atoms with van der Waals surface area (Å²) in [6.45, 7) is 5.71. The van der Waals surface area contributed by atoms with Gasteiger partial charge in [0.2, 0.25) is 0 Å². The molecule has 3 heteroatoms. The first-order chi connectivity index (χ1) is 8.31. The van der Waals surface area contributed by atoms with E-state index < -0.39 is 0 Å². The lowest BCUT2D eigenvalue weighted by atomic mass is 10.2. The number of benzene rings is 1. The Labute approximate surface area is 104 Å². The molecule has 17 heavy (non-hydrogen) atoms. The van der Waals surface area contributed by atoms with E-state index in [4.69, 9.17) is 9.47 Å². The van der Waals surface area contributed by atoms with Crippen molar-refractivity contribution in [1.29, 1.82) is 0 Å². The van der Waals surface area contributed by atoms with Gasteiger partial charge in [-0.25, -0.2) is 0 Å². The van der Waals surface area contributed by atoms with Crippen molar-refractivity contribution in [3.05, 3.63) is 24.3 Å². The second-order valence-electron chi connectivity index (χ2n) is 4.05. The van der Waals surface area contributed by atoms with Gasteiger partial charge in [0.15, 0.2) is 0 Å². The van der Waals surface area contributed by atoms with Gasteiger partial charge in [0, 0.05) is 13.2 Å². The van der Waals surface area contributed by atoms with Crippen molar-refractivity contribution in [1.82, 2.24) is 0 Å². The van der Waals surface area contributed by atoms with Crippen LogP contribution in [0.4, 0.5) is 5.69 Å². The van der Waals surface area contributed by atoms with Crippen LogP contribution >= 0.6 is 0 Å². The van der Waals surface area contributed by atoms with Gasteiger partial charge < -0.3 is 14.8 Å². The molecule has 0 fully saturated rings. The highest BCUT2D eigenvalue weighted by Gasteiger charge is 2.08. The second kappa shape index (κ2) is 7.96. The van der Waals surface area contributed by atoms with Crippen LogP contribution in [0.15, 0.2) is 24.3 Å². The summed E-state index contributed by atoms with van der Waals surface area (Å²) in [5, 5.41) is 3.46. The maximum absolute atomic E-state index is 5.71. The Hall–Kier alpha value is -1.22. The van der Waals surface area contributed by atoms with E-state index >= 15 is 0 Å². The molecule has 1 unspecified atom stereocenters. The van der Waals surface area contributed by atoms with Crippen molar-refractivity contribution >= 4 is 5.69 Å². The van der Waals surface area contributed by atoms with Crippen LogP contribution in [0.25, 0.3) is 0 Å². The molecule has 96 valence electrons. The third-order valence-electron chi connectivity index (χ3n) is 2.57. The largest absolute Gasteiger partial charge is 0.491 e. The van der Waals surface area contributed by atoms with Gasteiger partial charge in [0.25, 0.3) is 0 Å². The minimum Gasteiger partial charge on any atom is -0.491 e. The predicted octanol–water partition coefficient (Wildman–Crippen LogP) is 3.31. The van der Waals surface area contributed by atoms with Crippen molar-refractivity contribution in [2.24, 2.45) is 0 Å². The molecule has 0 aliphatic rings. The molecular formula is C14H23NO2. The molecule has 0 aliphatic carbocycles. The fraction of sp³-hybridized carbons (Fsp3) is 0.571. The van der Waals surface area contributed by atoms with Gasteiger partial charge in [0.1, 0.15) is 5.75 Å². The van der Waals surface area contributed by atoms with Crippen LogP contribution in [0, 0.1) is 0 Å². The highest BCUT2D eigenvalue weighted by atomic mass is 16.5. The van der Waals surface area contributed by atoms with Crippen molar-refractivity contribution in [3.8, 4) is 5.75 Å². The first kappa shape index (κ1) is 13.8. The third kappa shape index (κ3) is 4.65. The van der Waals surface area contributed by atoms with Gasteiger partial charge in [-0.2, -0.15) is 0 Å². The number of ether oxygens (including phenoxy) is 2. The predicted molar refractivity (Wildman–Crippen MR) is 71.8 cm³/mol. The number of methoxy groups -OCH3 is 1. The number of nitrogens with one attached hydrogen (secondary N) is 1. The van der Waals surface area contributed by atoms with Gasteiger partial charge in [-0.15, -0.1) is 0 Å².